The van der Waals surface area contributed by atoms with Crippen molar-refractivity contribution in [3.63, 3.8) is 0 Å². The lowest BCUT2D eigenvalue weighted by Gasteiger charge is -2.20. The number of hydrogen-bond donors (Lipinski definition) is 1. The Kier molecular flexibility index (Phi) is 5.80. The number of carbonyl (C=O) groups is 2. The number of nitrogens with one attached hydrogen (secondary N) is 1. The lowest BCUT2D eigenvalue weighted by Crippen LogP contribution is -2.39. The maximum atomic E-state index is 12.9. The Morgan fingerprint density at radius 2 is 1.74 bits per heavy atom. The van der Waals surface area contributed by atoms with Gasteiger partial charge in [0.05, 0.1) is 6.54 Å². The fraction of sp³-hybridized carbons (Fsp3) is 0.235. The van der Waals surface area contributed by atoms with Crippen molar-refractivity contribution in [2.24, 2.45) is 0 Å². The average Bonchev–Trinajstić information content (AvgIpc) is 2.55. The lowest BCUT2D eigenvalue weighted by atomic mass is 10.2. The van der Waals surface area contributed by atoms with Crippen molar-refractivity contribution < 1.29 is 14.0 Å². The molecule has 2 rings (SSSR count). The van der Waals surface area contributed by atoms with E-state index in [1.165, 1.54) is 24.0 Å². The van der Waals surface area contributed by atoms with Crippen LogP contribution >= 0.6 is 0 Å². The zero-order chi connectivity index (χ0) is 16.7. The van der Waals surface area contributed by atoms with Gasteiger partial charge in [-0.05, 0) is 35.4 Å². The second-order valence-electron chi connectivity index (χ2n) is 5.13. The highest BCUT2D eigenvalue weighted by atomic mass is 19.1. The molecule has 0 saturated carbocycles. The molecule has 0 aliphatic heterocycles. The molecule has 0 unspecified atom stereocenters. The first kappa shape index (κ1) is 16.6. The predicted octanol–water partition coefficient (Wildman–Crippen LogP) is 1.89. The monoisotopic (exact) mass is 315 g/mol. The molecule has 0 fully saturated rings. The molecule has 0 spiro atoms. The summed E-state index contributed by atoms with van der Waals surface area (Å²) >= 11 is 0. The van der Waals surface area contributed by atoms with Crippen molar-refractivity contribution >= 4 is 11.8 Å². The van der Waals surface area contributed by atoms with Crippen LogP contribution in [0.3, 0.4) is 0 Å². The number of nitrogens with zero attached hydrogens (tertiary/aromatic N) is 2. The number of hydrogen-bond acceptors (Lipinski definition) is 3. The van der Waals surface area contributed by atoms with E-state index in [4.69, 9.17) is 0 Å². The van der Waals surface area contributed by atoms with E-state index >= 15 is 0 Å². The van der Waals surface area contributed by atoms with Crippen LogP contribution in [0.5, 0.6) is 0 Å². The van der Waals surface area contributed by atoms with E-state index in [0.717, 1.165) is 11.1 Å². The van der Waals surface area contributed by atoms with E-state index in [-0.39, 0.29) is 30.7 Å². The maximum absolute atomic E-state index is 12.9. The standard InChI is InChI=1S/C17H18FN3O2/c1-13(22)21(11-15-2-4-16(18)5-3-15)12-17(23)20-10-14-6-8-19-9-7-14/h2-9H,10-12H2,1H3,(H,20,23). The zero-order valence-electron chi connectivity index (χ0n) is 12.8. The quantitative estimate of drug-likeness (QED) is 0.885. The minimum Gasteiger partial charge on any atom is -0.350 e. The number of aromatic nitrogens is 1. The van der Waals surface area contributed by atoms with Crippen LogP contribution in [0.15, 0.2) is 48.8 Å². The molecule has 1 heterocycles. The van der Waals surface area contributed by atoms with Gasteiger partial charge in [0.1, 0.15) is 5.82 Å². The average molecular weight is 315 g/mol. The molecule has 5 nitrogen and oxygen atoms in total. The molecule has 0 saturated heterocycles. The van der Waals surface area contributed by atoms with Gasteiger partial charge in [0.2, 0.25) is 11.8 Å². The van der Waals surface area contributed by atoms with E-state index in [2.05, 4.69) is 10.3 Å². The van der Waals surface area contributed by atoms with Gasteiger partial charge in [-0.25, -0.2) is 4.39 Å². The smallest absolute Gasteiger partial charge is 0.239 e. The Balaban J connectivity index is 1.89. The molecular weight excluding hydrogens is 297 g/mol. The number of amides is 2. The normalized spacial score (nSPS) is 10.2. The Morgan fingerprint density at radius 3 is 2.35 bits per heavy atom. The highest BCUT2D eigenvalue weighted by Crippen LogP contribution is 2.07. The van der Waals surface area contributed by atoms with Gasteiger partial charge in [0.15, 0.2) is 0 Å². The van der Waals surface area contributed by atoms with Crippen LogP contribution in [0.25, 0.3) is 0 Å². The molecule has 1 aromatic heterocycles. The maximum Gasteiger partial charge on any atom is 0.239 e. The number of halogens is 1. The van der Waals surface area contributed by atoms with Crippen molar-refractivity contribution in [1.82, 2.24) is 15.2 Å². The summed E-state index contributed by atoms with van der Waals surface area (Å²) in [5.41, 5.74) is 1.70. The van der Waals surface area contributed by atoms with Crippen LogP contribution in [0.2, 0.25) is 0 Å². The summed E-state index contributed by atoms with van der Waals surface area (Å²) in [5, 5.41) is 2.76. The van der Waals surface area contributed by atoms with Gasteiger partial charge in [-0.1, -0.05) is 12.1 Å². The van der Waals surface area contributed by atoms with E-state index in [0.29, 0.717) is 6.54 Å². The van der Waals surface area contributed by atoms with Gasteiger partial charge in [-0.15, -0.1) is 0 Å². The molecule has 0 atom stereocenters. The first-order valence-electron chi connectivity index (χ1n) is 7.20. The Labute approximate surface area is 134 Å². The number of benzene rings is 1. The summed E-state index contributed by atoms with van der Waals surface area (Å²) in [7, 11) is 0. The minimum atomic E-state index is -0.335. The van der Waals surface area contributed by atoms with Gasteiger partial charge in [-0.3, -0.25) is 14.6 Å². The van der Waals surface area contributed by atoms with Gasteiger partial charge in [0.25, 0.3) is 0 Å². The summed E-state index contributed by atoms with van der Waals surface area (Å²) < 4.78 is 12.9. The summed E-state index contributed by atoms with van der Waals surface area (Å²) in [6, 6.07) is 9.47. The minimum absolute atomic E-state index is 0.0439. The third-order valence-corrected chi connectivity index (χ3v) is 3.31. The van der Waals surface area contributed by atoms with E-state index in [9.17, 15) is 14.0 Å². The lowest BCUT2D eigenvalue weighted by molar-refractivity contribution is -0.135. The first-order valence-corrected chi connectivity index (χ1v) is 7.20. The number of pyridine rings is 1. The van der Waals surface area contributed by atoms with Gasteiger partial charge in [0, 0.05) is 32.4 Å². The van der Waals surface area contributed by atoms with Crippen LogP contribution < -0.4 is 5.32 Å². The van der Waals surface area contributed by atoms with Crippen molar-refractivity contribution in [2.45, 2.75) is 20.0 Å². The Morgan fingerprint density at radius 1 is 1.09 bits per heavy atom. The Hall–Kier alpha value is -2.76. The van der Waals surface area contributed by atoms with Crippen LogP contribution in [0.4, 0.5) is 4.39 Å². The molecule has 2 aromatic rings. The SMILES string of the molecule is CC(=O)N(CC(=O)NCc1ccncc1)Cc1ccc(F)cc1. The Bertz CT molecular complexity index is 659. The molecule has 120 valence electrons. The molecule has 1 aromatic carbocycles. The summed E-state index contributed by atoms with van der Waals surface area (Å²) in [4.78, 5) is 29.0. The molecule has 0 aliphatic carbocycles. The largest absolute Gasteiger partial charge is 0.350 e. The highest BCUT2D eigenvalue weighted by Gasteiger charge is 2.14. The van der Waals surface area contributed by atoms with Crippen LogP contribution in [-0.4, -0.2) is 28.2 Å². The zero-order valence-corrected chi connectivity index (χ0v) is 12.8. The molecule has 0 radical (unpaired) electrons. The number of rotatable bonds is 6. The van der Waals surface area contributed by atoms with Gasteiger partial charge in [-0.2, -0.15) is 0 Å². The van der Waals surface area contributed by atoms with Crippen LogP contribution in [0, 0.1) is 5.82 Å². The molecule has 0 aliphatic rings. The molecule has 1 N–H and O–H groups in total. The topological polar surface area (TPSA) is 62.3 Å². The first-order chi connectivity index (χ1) is 11.0. The van der Waals surface area contributed by atoms with Crippen molar-refractivity contribution in [3.05, 3.63) is 65.7 Å². The third-order valence-electron chi connectivity index (χ3n) is 3.31. The third kappa shape index (κ3) is 5.50. The molecule has 23 heavy (non-hydrogen) atoms. The van der Waals surface area contributed by atoms with Crippen LogP contribution in [0.1, 0.15) is 18.1 Å². The summed E-state index contributed by atoms with van der Waals surface area (Å²) in [6.45, 7) is 2.00. The van der Waals surface area contributed by atoms with Crippen molar-refractivity contribution in [3.8, 4) is 0 Å². The van der Waals surface area contributed by atoms with Crippen molar-refractivity contribution in [1.29, 1.82) is 0 Å². The van der Waals surface area contributed by atoms with Gasteiger partial charge >= 0.3 is 0 Å². The fourth-order valence-electron chi connectivity index (χ4n) is 2.02. The summed E-state index contributed by atoms with van der Waals surface area (Å²) in [5.74, 6) is -0.800. The van der Waals surface area contributed by atoms with E-state index in [1.807, 2.05) is 12.1 Å². The molecule has 2 amide bonds. The highest BCUT2D eigenvalue weighted by molar-refractivity contribution is 5.83. The predicted molar refractivity (Wildman–Crippen MR) is 83.6 cm³/mol. The summed E-state index contributed by atoms with van der Waals surface area (Å²) in [6.07, 6.45) is 3.30. The molecular formula is C17H18FN3O2. The second-order valence-corrected chi connectivity index (χ2v) is 5.13. The molecule has 0 bridgehead atoms. The number of carbonyl (C=O) groups excluding carboxylic acids is 2. The van der Waals surface area contributed by atoms with Crippen LogP contribution in [-0.2, 0) is 22.7 Å². The fourth-order valence-corrected chi connectivity index (χ4v) is 2.02. The van der Waals surface area contributed by atoms with Crippen molar-refractivity contribution in [2.75, 3.05) is 6.54 Å². The second kappa shape index (κ2) is 8.03. The van der Waals surface area contributed by atoms with Gasteiger partial charge < -0.3 is 10.2 Å². The van der Waals surface area contributed by atoms with E-state index < -0.39 is 0 Å². The van der Waals surface area contributed by atoms with E-state index in [1.54, 1.807) is 24.5 Å². The molecule has 6 heteroatoms.